The summed E-state index contributed by atoms with van der Waals surface area (Å²) in [5.74, 6) is 0.235. The van der Waals surface area contributed by atoms with Crippen LogP contribution in [0.1, 0.15) is 27.4 Å². The third-order valence-electron chi connectivity index (χ3n) is 5.47. The van der Waals surface area contributed by atoms with Gasteiger partial charge in [0, 0.05) is 43.5 Å². The average molecular weight is 452 g/mol. The lowest BCUT2D eigenvalue weighted by molar-refractivity contribution is 0.100. The Labute approximate surface area is 187 Å². The van der Waals surface area contributed by atoms with E-state index in [9.17, 15) is 13.2 Å². The number of benzene rings is 2. The highest BCUT2D eigenvalue weighted by atomic mass is 32.2. The second-order valence-corrected chi connectivity index (χ2v) is 9.82. The van der Waals surface area contributed by atoms with Crippen molar-refractivity contribution in [1.29, 1.82) is 0 Å². The molecule has 9 heteroatoms. The van der Waals surface area contributed by atoms with E-state index in [-0.39, 0.29) is 5.92 Å². The topological polar surface area (TPSA) is 117 Å². The molecule has 8 nitrogen and oxygen atoms in total. The number of carbonyl (C=O) groups excluding carboxylic acids is 1. The van der Waals surface area contributed by atoms with Crippen LogP contribution in [-0.4, -0.2) is 43.0 Å². The SMILES string of the molecule is CS(=O)(=O)N1CC(c2ccc(Nc3cc(NCc4ccccc4)c(C(N)=O)cn3)cc2)C1. The molecule has 1 aliphatic rings. The molecule has 0 unspecified atom stereocenters. The zero-order valence-corrected chi connectivity index (χ0v) is 18.5. The van der Waals surface area contributed by atoms with Gasteiger partial charge in [-0.15, -0.1) is 0 Å². The molecule has 0 spiro atoms. The largest absolute Gasteiger partial charge is 0.380 e. The van der Waals surface area contributed by atoms with Crippen LogP contribution in [0.4, 0.5) is 17.2 Å². The predicted octanol–water partition coefficient (Wildman–Crippen LogP) is 2.90. The Bertz CT molecular complexity index is 1210. The van der Waals surface area contributed by atoms with E-state index < -0.39 is 15.9 Å². The Balaban J connectivity index is 1.44. The number of carbonyl (C=O) groups is 1. The fourth-order valence-electron chi connectivity index (χ4n) is 3.57. The van der Waals surface area contributed by atoms with Crippen molar-refractivity contribution in [2.45, 2.75) is 12.5 Å². The first kappa shape index (κ1) is 21.8. The van der Waals surface area contributed by atoms with Crippen molar-refractivity contribution in [3.05, 3.63) is 83.6 Å². The molecule has 1 aliphatic heterocycles. The Morgan fingerprint density at radius 3 is 2.44 bits per heavy atom. The van der Waals surface area contributed by atoms with Crippen molar-refractivity contribution in [3.63, 3.8) is 0 Å². The highest BCUT2D eigenvalue weighted by Crippen LogP contribution is 2.30. The van der Waals surface area contributed by atoms with Gasteiger partial charge in [-0.05, 0) is 23.3 Å². The van der Waals surface area contributed by atoms with E-state index in [0.717, 1.165) is 16.8 Å². The first-order chi connectivity index (χ1) is 15.3. The number of aromatic nitrogens is 1. The maximum absolute atomic E-state index is 11.8. The standard InChI is InChI=1S/C23H25N5O3S/c1-32(30,31)28-14-18(15-28)17-7-9-19(10-8-17)27-22-11-21(20(13-26-22)23(24)29)25-12-16-5-3-2-4-6-16/h2-11,13,18H,12,14-15H2,1H3,(H2,24,29)(H2,25,26,27). The van der Waals surface area contributed by atoms with Crippen LogP contribution in [0, 0.1) is 0 Å². The predicted molar refractivity (Wildman–Crippen MR) is 125 cm³/mol. The van der Waals surface area contributed by atoms with Crippen molar-refractivity contribution >= 4 is 33.1 Å². The number of anilines is 3. The van der Waals surface area contributed by atoms with Crippen LogP contribution in [0.15, 0.2) is 66.9 Å². The van der Waals surface area contributed by atoms with E-state index in [1.807, 2.05) is 54.6 Å². The van der Waals surface area contributed by atoms with Crippen LogP contribution in [0.3, 0.4) is 0 Å². The molecule has 0 aliphatic carbocycles. The summed E-state index contributed by atoms with van der Waals surface area (Å²) in [6.45, 7) is 1.57. The highest BCUT2D eigenvalue weighted by Gasteiger charge is 2.33. The molecule has 1 saturated heterocycles. The Morgan fingerprint density at radius 1 is 1.12 bits per heavy atom. The molecular weight excluding hydrogens is 426 g/mol. The molecule has 4 N–H and O–H groups in total. The minimum absolute atomic E-state index is 0.209. The molecule has 166 valence electrons. The monoisotopic (exact) mass is 451 g/mol. The molecule has 32 heavy (non-hydrogen) atoms. The molecule has 0 saturated carbocycles. The molecule has 3 aromatic rings. The van der Waals surface area contributed by atoms with Gasteiger partial charge in [0.15, 0.2) is 0 Å². The summed E-state index contributed by atoms with van der Waals surface area (Å²) in [6, 6.07) is 19.4. The smallest absolute Gasteiger partial charge is 0.252 e. The van der Waals surface area contributed by atoms with Crippen molar-refractivity contribution in [1.82, 2.24) is 9.29 Å². The van der Waals surface area contributed by atoms with Gasteiger partial charge in [-0.1, -0.05) is 42.5 Å². The fourth-order valence-corrected chi connectivity index (χ4v) is 4.47. The minimum atomic E-state index is -3.12. The number of nitrogens with one attached hydrogen (secondary N) is 2. The van der Waals surface area contributed by atoms with Crippen LogP contribution in [0.5, 0.6) is 0 Å². The quantitative estimate of drug-likeness (QED) is 0.485. The van der Waals surface area contributed by atoms with Crippen molar-refractivity contribution in [2.75, 3.05) is 30.0 Å². The summed E-state index contributed by atoms with van der Waals surface area (Å²) in [5.41, 5.74) is 9.44. The van der Waals surface area contributed by atoms with Gasteiger partial charge in [-0.25, -0.2) is 17.7 Å². The lowest BCUT2D eigenvalue weighted by Crippen LogP contribution is -2.47. The fraction of sp³-hybridized carbons (Fsp3) is 0.217. The van der Waals surface area contributed by atoms with E-state index >= 15 is 0 Å². The molecule has 0 bridgehead atoms. The zero-order chi connectivity index (χ0) is 22.7. The number of hydrogen-bond acceptors (Lipinski definition) is 6. The second kappa shape index (κ2) is 8.97. The number of nitrogens with zero attached hydrogens (tertiary/aromatic N) is 2. The number of nitrogens with two attached hydrogens (primary N) is 1. The Morgan fingerprint density at radius 2 is 1.81 bits per heavy atom. The van der Waals surface area contributed by atoms with Crippen molar-refractivity contribution < 1.29 is 13.2 Å². The highest BCUT2D eigenvalue weighted by molar-refractivity contribution is 7.88. The van der Waals surface area contributed by atoms with Crippen molar-refractivity contribution in [3.8, 4) is 0 Å². The molecular formula is C23H25N5O3S. The Hall–Kier alpha value is -3.43. The third-order valence-corrected chi connectivity index (χ3v) is 6.70. The second-order valence-electron chi connectivity index (χ2n) is 7.84. The van der Waals surface area contributed by atoms with Crippen LogP contribution in [0.2, 0.25) is 0 Å². The molecule has 1 fully saturated rings. The van der Waals surface area contributed by atoms with Gasteiger partial charge in [-0.2, -0.15) is 0 Å². The normalized spacial score (nSPS) is 14.5. The number of amides is 1. The van der Waals surface area contributed by atoms with Gasteiger partial charge < -0.3 is 16.4 Å². The molecule has 4 rings (SSSR count). The van der Waals surface area contributed by atoms with Gasteiger partial charge >= 0.3 is 0 Å². The lowest BCUT2D eigenvalue weighted by Gasteiger charge is -2.37. The van der Waals surface area contributed by atoms with E-state index in [4.69, 9.17) is 5.73 Å². The van der Waals surface area contributed by atoms with E-state index in [1.54, 1.807) is 6.07 Å². The molecule has 1 amide bonds. The number of pyridine rings is 1. The Kier molecular flexibility index (Phi) is 6.11. The maximum Gasteiger partial charge on any atom is 0.252 e. The maximum atomic E-state index is 11.8. The molecule has 2 aromatic carbocycles. The summed E-state index contributed by atoms with van der Waals surface area (Å²) < 4.78 is 24.6. The van der Waals surface area contributed by atoms with Crippen LogP contribution >= 0.6 is 0 Å². The number of rotatable bonds is 8. The van der Waals surface area contributed by atoms with E-state index in [1.165, 1.54) is 16.8 Å². The van der Waals surface area contributed by atoms with Crippen LogP contribution in [0.25, 0.3) is 0 Å². The summed E-state index contributed by atoms with van der Waals surface area (Å²) in [6.07, 6.45) is 2.69. The first-order valence-electron chi connectivity index (χ1n) is 10.2. The van der Waals surface area contributed by atoms with Gasteiger partial charge in [0.05, 0.1) is 17.5 Å². The van der Waals surface area contributed by atoms with Crippen molar-refractivity contribution in [2.24, 2.45) is 5.73 Å². The van der Waals surface area contributed by atoms with Gasteiger partial charge in [0.2, 0.25) is 10.0 Å². The van der Waals surface area contributed by atoms with Crippen LogP contribution in [-0.2, 0) is 16.6 Å². The minimum Gasteiger partial charge on any atom is -0.380 e. The summed E-state index contributed by atoms with van der Waals surface area (Å²) in [4.78, 5) is 16.1. The molecule has 1 aromatic heterocycles. The zero-order valence-electron chi connectivity index (χ0n) is 17.7. The number of sulfonamides is 1. The molecule has 0 radical (unpaired) electrons. The number of hydrogen-bond donors (Lipinski definition) is 3. The average Bonchev–Trinajstić information content (AvgIpc) is 2.72. The van der Waals surface area contributed by atoms with Gasteiger partial charge in [0.25, 0.3) is 5.91 Å². The van der Waals surface area contributed by atoms with E-state index in [0.29, 0.717) is 36.7 Å². The summed E-state index contributed by atoms with van der Waals surface area (Å²) in [7, 11) is -3.12. The van der Waals surface area contributed by atoms with Gasteiger partial charge in [-0.3, -0.25) is 4.79 Å². The summed E-state index contributed by atoms with van der Waals surface area (Å²) in [5, 5.41) is 6.49. The molecule has 2 heterocycles. The van der Waals surface area contributed by atoms with Gasteiger partial charge in [0.1, 0.15) is 5.82 Å². The van der Waals surface area contributed by atoms with E-state index in [2.05, 4.69) is 15.6 Å². The molecule has 0 atom stereocenters. The first-order valence-corrected chi connectivity index (χ1v) is 12.0. The summed E-state index contributed by atoms with van der Waals surface area (Å²) >= 11 is 0. The van der Waals surface area contributed by atoms with Crippen LogP contribution < -0.4 is 16.4 Å². The lowest BCUT2D eigenvalue weighted by atomic mass is 9.93. The number of primary amides is 1. The third kappa shape index (κ3) is 5.06.